The highest BCUT2D eigenvalue weighted by Gasteiger charge is 2.19. The highest BCUT2D eigenvalue weighted by molar-refractivity contribution is 7.12. The molecule has 2 heterocycles. The SMILES string of the molecule is Cc1cc(CCC(C)O)n(C)c1C(=O)c1cccs1. The summed E-state index contributed by atoms with van der Waals surface area (Å²) in [7, 11) is 1.92. The molecule has 0 aliphatic heterocycles. The lowest BCUT2D eigenvalue weighted by atomic mass is 10.1. The van der Waals surface area contributed by atoms with Gasteiger partial charge in [-0.25, -0.2) is 0 Å². The number of hydrogen-bond acceptors (Lipinski definition) is 3. The van der Waals surface area contributed by atoms with Crippen LogP contribution in [-0.2, 0) is 13.5 Å². The number of aryl methyl sites for hydroxylation is 2. The molecule has 1 unspecified atom stereocenters. The van der Waals surface area contributed by atoms with Crippen LogP contribution in [0.1, 0.15) is 40.0 Å². The van der Waals surface area contributed by atoms with E-state index in [1.165, 1.54) is 11.3 Å². The van der Waals surface area contributed by atoms with E-state index < -0.39 is 0 Å². The number of hydrogen-bond donors (Lipinski definition) is 1. The van der Waals surface area contributed by atoms with Gasteiger partial charge in [0.2, 0.25) is 5.78 Å². The third-order valence-corrected chi connectivity index (χ3v) is 4.17. The molecule has 0 spiro atoms. The molecule has 0 bridgehead atoms. The summed E-state index contributed by atoms with van der Waals surface area (Å²) < 4.78 is 1.96. The fourth-order valence-electron chi connectivity index (χ4n) is 2.28. The standard InChI is InChI=1S/C15H19NO2S/c1-10-9-12(7-6-11(2)17)16(3)14(10)15(18)13-5-4-8-19-13/h4-5,8-9,11,17H,6-7H2,1-3H3. The van der Waals surface area contributed by atoms with E-state index in [0.717, 1.165) is 28.2 Å². The van der Waals surface area contributed by atoms with E-state index in [2.05, 4.69) is 0 Å². The van der Waals surface area contributed by atoms with Crippen LogP contribution in [0.4, 0.5) is 0 Å². The quantitative estimate of drug-likeness (QED) is 0.854. The Hall–Kier alpha value is -1.39. The lowest BCUT2D eigenvalue weighted by Gasteiger charge is -2.08. The van der Waals surface area contributed by atoms with Gasteiger partial charge in [0, 0.05) is 12.7 Å². The zero-order valence-corrected chi connectivity index (χ0v) is 12.3. The van der Waals surface area contributed by atoms with Crippen molar-refractivity contribution < 1.29 is 9.90 Å². The second kappa shape index (κ2) is 5.72. The maximum Gasteiger partial charge on any atom is 0.219 e. The first-order chi connectivity index (χ1) is 9.00. The maximum absolute atomic E-state index is 12.4. The van der Waals surface area contributed by atoms with Crippen LogP contribution in [0.15, 0.2) is 23.6 Å². The first kappa shape index (κ1) is 14.0. The molecule has 1 N–H and O–H groups in total. The summed E-state index contributed by atoms with van der Waals surface area (Å²) in [5.41, 5.74) is 2.85. The zero-order chi connectivity index (χ0) is 14.0. The Morgan fingerprint density at radius 1 is 1.53 bits per heavy atom. The number of ketones is 1. The number of aliphatic hydroxyl groups excluding tert-OH is 1. The lowest BCUT2D eigenvalue weighted by molar-refractivity contribution is 0.103. The summed E-state index contributed by atoms with van der Waals surface area (Å²) in [6.07, 6.45) is 1.18. The molecule has 0 saturated carbocycles. The predicted octanol–water partition coefficient (Wildman–Crippen LogP) is 2.94. The molecule has 0 radical (unpaired) electrons. The smallest absolute Gasteiger partial charge is 0.219 e. The average Bonchev–Trinajstić information content (AvgIpc) is 2.95. The van der Waals surface area contributed by atoms with Gasteiger partial charge in [0.15, 0.2) is 0 Å². The van der Waals surface area contributed by atoms with E-state index in [1.54, 1.807) is 6.92 Å². The van der Waals surface area contributed by atoms with Gasteiger partial charge in [-0.3, -0.25) is 4.79 Å². The van der Waals surface area contributed by atoms with Crippen LogP contribution >= 0.6 is 11.3 Å². The third kappa shape index (κ3) is 2.96. The molecule has 1 atom stereocenters. The summed E-state index contributed by atoms with van der Waals surface area (Å²) in [6, 6.07) is 5.79. The van der Waals surface area contributed by atoms with Crippen molar-refractivity contribution in [3.63, 3.8) is 0 Å². The predicted molar refractivity (Wildman–Crippen MR) is 77.9 cm³/mol. The Balaban J connectivity index is 2.29. The molecule has 2 aromatic rings. The van der Waals surface area contributed by atoms with Gasteiger partial charge in [-0.05, 0) is 49.8 Å². The minimum atomic E-state index is -0.313. The molecule has 4 heteroatoms. The number of carbonyl (C=O) groups is 1. The van der Waals surface area contributed by atoms with Crippen molar-refractivity contribution in [1.29, 1.82) is 0 Å². The molecule has 0 aliphatic rings. The molecule has 0 amide bonds. The number of rotatable bonds is 5. The second-order valence-corrected chi connectivity index (χ2v) is 5.87. The molecule has 0 aromatic carbocycles. The minimum Gasteiger partial charge on any atom is -0.393 e. The molecule has 2 aromatic heterocycles. The van der Waals surface area contributed by atoms with Gasteiger partial charge in [-0.1, -0.05) is 6.07 Å². The Kier molecular flexibility index (Phi) is 4.22. The number of aliphatic hydroxyl groups is 1. The normalized spacial score (nSPS) is 12.6. The number of nitrogens with zero attached hydrogens (tertiary/aromatic N) is 1. The summed E-state index contributed by atoms with van der Waals surface area (Å²) in [5.74, 6) is 0.0818. The molecule has 3 nitrogen and oxygen atoms in total. The van der Waals surface area contributed by atoms with Gasteiger partial charge in [0.25, 0.3) is 0 Å². The Bertz CT molecular complexity index is 567. The largest absolute Gasteiger partial charge is 0.393 e. The summed E-state index contributed by atoms with van der Waals surface area (Å²) in [5, 5.41) is 11.3. The molecule has 2 rings (SSSR count). The van der Waals surface area contributed by atoms with Crippen molar-refractivity contribution in [2.24, 2.45) is 7.05 Å². The van der Waals surface area contributed by atoms with Gasteiger partial charge < -0.3 is 9.67 Å². The van der Waals surface area contributed by atoms with Gasteiger partial charge in [-0.2, -0.15) is 0 Å². The molecular formula is C15H19NO2S. The molecule has 102 valence electrons. The lowest BCUT2D eigenvalue weighted by Crippen LogP contribution is -2.10. The van der Waals surface area contributed by atoms with Crippen molar-refractivity contribution >= 4 is 17.1 Å². The summed E-state index contributed by atoms with van der Waals surface area (Å²) >= 11 is 1.47. The molecular weight excluding hydrogens is 258 g/mol. The third-order valence-electron chi connectivity index (χ3n) is 3.30. The van der Waals surface area contributed by atoms with E-state index >= 15 is 0 Å². The molecule has 0 fully saturated rings. The highest BCUT2D eigenvalue weighted by atomic mass is 32.1. The highest BCUT2D eigenvalue weighted by Crippen LogP contribution is 2.21. The average molecular weight is 277 g/mol. The van der Waals surface area contributed by atoms with E-state index in [4.69, 9.17) is 0 Å². The van der Waals surface area contributed by atoms with Crippen molar-refractivity contribution in [2.75, 3.05) is 0 Å². The second-order valence-electron chi connectivity index (χ2n) is 4.92. The minimum absolute atomic E-state index is 0.0818. The topological polar surface area (TPSA) is 42.2 Å². The van der Waals surface area contributed by atoms with Gasteiger partial charge in [-0.15, -0.1) is 11.3 Å². The van der Waals surface area contributed by atoms with Gasteiger partial charge in [0.05, 0.1) is 16.7 Å². The summed E-state index contributed by atoms with van der Waals surface area (Å²) in [6.45, 7) is 3.75. The Labute approximate surface area is 117 Å². The summed E-state index contributed by atoms with van der Waals surface area (Å²) in [4.78, 5) is 13.2. The fraction of sp³-hybridized carbons (Fsp3) is 0.400. The number of aromatic nitrogens is 1. The first-order valence-electron chi connectivity index (χ1n) is 6.42. The van der Waals surface area contributed by atoms with Gasteiger partial charge in [0.1, 0.15) is 0 Å². The van der Waals surface area contributed by atoms with Crippen molar-refractivity contribution in [3.8, 4) is 0 Å². The van der Waals surface area contributed by atoms with E-state index in [9.17, 15) is 9.90 Å². The zero-order valence-electron chi connectivity index (χ0n) is 11.5. The van der Waals surface area contributed by atoms with Crippen molar-refractivity contribution in [3.05, 3.63) is 45.4 Å². The fourth-order valence-corrected chi connectivity index (χ4v) is 2.94. The maximum atomic E-state index is 12.4. The molecule has 0 saturated heterocycles. The van der Waals surface area contributed by atoms with Crippen LogP contribution in [0.3, 0.4) is 0 Å². The molecule has 19 heavy (non-hydrogen) atoms. The van der Waals surface area contributed by atoms with E-state index in [1.807, 2.05) is 42.1 Å². The van der Waals surface area contributed by atoms with Crippen molar-refractivity contribution in [2.45, 2.75) is 32.8 Å². The molecule has 0 aliphatic carbocycles. The van der Waals surface area contributed by atoms with E-state index in [-0.39, 0.29) is 11.9 Å². The first-order valence-corrected chi connectivity index (χ1v) is 7.30. The van der Waals surface area contributed by atoms with Gasteiger partial charge >= 0.3 is 0 Å². The Morgan fingerprint density at radius 3 is 2.84 bits per heavy atom. The van der Waals surface area contributed by atoms with Crippen LogP contribution in [-0.4, -0.2) is 21.6 Å². The monoisotopic (exact) mass is 277 g/mol. The van der Waals surface area contributed by atoms with E-state index in [0.29, 0.717) is 6.42 Å². The van der Waals surface area contributed by atoms with Crippen LogP contribution < -0.4 is 0 Å². The van der Waals surface area contributed by atoms with Crippen molar-refractivity contribution in [1.82, 2.24) is 4.57 Å². The van der Waals surface area contributed by atoms with Crippen LogP contribution in [0.5, 0.6) is 0 Å². The number of carbonyl (C=O) groups excluding carboxylic acids is 1. The number of thiophene rings is 1. The Morgan fingerprint density at radius 2 is 2.26 bits per heavy atom. The van der Waals surface area contributed by atoms with Crippen LogP contribution in [0, 0.1) is 6.92 Å². The van der Waals surface area contributed by atoms with Crippen LogP contribution in [0.2, 0.25) is 0 Å². The van der Waals surface area contributed by atoms with Crippen LogP contribution in [0.25, 0.3) is 0 Å².